The number of nitrogens with zero attached hydrogens (tertiary/aromatic N) is 2. The molecule has 2 aromatic carbocycles. The zero-order valence-corrected chi connectivity index (χ0v) is 19.0. The third-order valence-corrected chi connectivity index (χ3v) is 8.06. The van der Waals surface area contributed by atoms with E-state index >= 15 is 0 Å². The van der Waals surface area contributed by atoms with Gasteiger partial charge >= 0.3 is 0 Å². The summed E-state index contributed by atoms with van der Waals surface area (Å²) >= 11 is 0. The number of hydrazone groups is 1. The van der Waals surface area contributed by atoms with Crippen LogP contribution < -0.4 is 4.72 Å². The topological polar surface area (TPSA) is 95.9 Å². The average Bonchev–Trinajstić information content (AvgIpc) is 3.15. The molecule has 9 heteroatoms. The Labute approximate surface area is 178 Å². The molecule has 30 heavy (non-hydrogen) atoms. The molecule has 0 saturated carbocycles. The third kappa shape index (κ3) is 5.02. The lowest BCUT2D eigenvalue weighted by Crippen LogP contribution is -2.29. The molecule has 1 aliphatic rings. The molecule has 3 rings (SSSR count). The van der Waals surface area contributed by atoms with Gasteiger partial charge in [-0.3, -0.25) is 4.72 Å². The van der Waals surface area contributed by atoms with Gasteiger partial charge in [0, 0.05) is 12.1 Å². The first-order valence-corrected chi connectivity index (χ1v) is 13.2. The van der Waals surface area contributed by atoms with Gasteiger partial charge in [0.15, 0.2) is 0 Å². The van der Waals surface area contributed by atoms with Crippen LogP contribution in [0.1, 0.15) is 49.4 Å². The highest BCUT2D eigenvalue weighted by Gasteiger charge is 2.36. The van der Waals surface area contributed by atoms with Crippen LogP contribution in [0.4, 0.5) is 5.69 Å². The smallest absolute Gasteiger partial charge is 0.250 e. The van der Waals surface area contributed by atoms with Crippen molar-refractivity contribution in [2.45, 2.75) is 39.7 Å². The van der Waals surface area contributed by atoms with E-state index in [1.165, 1.54) is 4.41 Å². The van der Waals surface area contributed by atoms with Crippen molar-refractivity contribution < 1.29 is 16.8 Å². The van der Waals surface area contributed by atoms with Gasteiger partial charge in [0.25, 0.3) is 0 Å². The largest absolute Gasteiger partial charge is 0.284 e. The second-order valence-corrected chi connectivity index (χ2v) is 11.3. The van der Waals surface area contributed by atoms with Crippen LogP contribution in [0, 0.1) is 6.92 Å². The SMILES string of the molecule is CCCS(=O)(=O)N1N=C(c2ccc(NS(=O)(=O)CC)cc2)C[C@H]1c1cccc(C)c1. The molecule has 1 atom stereocenters. The van der Waals surface area contributed by atoms with Crippen molar-refractivity contribution in [3.63, 3.8) is 0 Å². The molecule has 0 aromatic heterocycles. The van der Waals surface area contributed by atoms with Crippen molar-refractivity contribution >= 4 is 31.4 Å². The first-order valence-electron chi connectivity index (χ1n) is 9.92. The van der Waals surface area contributed by atoms with E-state index in [1.807, 2.05) is 38.1 Å². The molecule has 0 radical (unpaired) electrons. The fourth-order valence-corrected chi connectivity index (χ4v) is 5.53. The Morgan fingerprint density at radius 2 is 1.77 bits per heavy atom. The van der Waals surface area contributed by atoms with Crippen molar-refractivity contribution in [2.24, 2.45) is 5.10 Å². The van der Waals surface area contributed by atoms with Gasteiger partial charge in [-0.05, 0) is 43.5 Å². The Balaban J connectivity index is 1.93. The highest BCUT2D eigenvalue weighted by Crippen LogP contribution is 2.35. The summed E-state index contributed by atoms with van der Waals surface area (Å²) in [4.78, 5) is 0. The number of sulfonamides is 2. The van der Waals surface area contributed by atoms with Crippen LogP contribution >= 0.6 is 0 Å². The van der Waals surface area contributed by atoms with Gasteiger partial charge in [-0.2, -0.15) is 9.52 Å². The Kier molecular flexibility index (Phi) is 6.52. The molecule has 2 aromatic rings. The van der Waals surface area contributed by atoms with Crippen LogP contribution in [-0.4, -0.2) is 38.5 Å². The fraction of sp³-hybridized carbons (Fsp3) is 0.381. The van der Waals surface area contributed by atoms with Crippen molar-refractivity contribution in [3.05, 3.63) is 65.2 Å². The Hall–Kier alpha value is -2.39. The number of hydrogen-bond donors (Lipinski definition) is 1. The van der Waals surface area contributed by atoms with E-state index in [-0.39, 0.29) is 11.5 Å². The average molecular weight is 450 g/mol. The summed E-state index contributed by atoms with van der Waals surface area (Å²) in [7, 11) is -6.90. The molecule has 0 fully saturated rings. The molecule has 0 bridgehead atoms. The van der Waals surface area contributed by atoms with Crippen LogP contribution in [0.3, 0.4) is 0 Å². The van der Waals surface area contributed by atoms with Crippen molar-refractivity contribution in [2.75, 3.05) is 16.2 Å². The predicted molar refractivity (Wildman–Crippen MR) is 121 cm³/mol. The van der Waals surface area contributed by atoms with E-state index in [2.05, 4.69) is 9.82 Å². The van der Waals surface area contributed by atoms with Gasteiger partial charge < -0.3 is 0 Å². The second kappa shape index (κ2) is 8.77. The molecule has 0 unspecified atom stereocenters. The Morgan fingerprint density at radius 3 is 2.37 bits per heavy atom. The molecule has 162 valence electrons. The summed E-state index contributed by atoms with van der Waals surface area (Å²) in [6.07, 6.45) is 0.961. The lowest BCUT2D eigenvalue weighted by molar-refractivity contribution is 0.371. The van der Waals surface area contributed by atoms with E-state index < -0.39 is 26.1 Å². The van der Waals surface area contributed by atoms with Gasteiger partial charge in [0.05, 0.1) is 23.3 Å². The van der Waals surface area contributed by atoms with Crippen LogP contribution in [0.15, 0.2) is 53.6 Å². The van der Waals surface area contributed by atoms with Crippen LogP contribution in [-0.2, 0) is 20.0 Å². The predicted octanol–water partition coefficient (Wildman–Crippen LogP) is 3.65. The number of benzene rings is 2. The van der Waals surface area contributed by atoms with Gasteiger partial charge in [-0.25, -0.2) is 16.8 Å². The minimum Gasteiger partial charge on any atom is -0.284 e. The molecular weight excluding hydrogens is 422 g/mol. The molecule has 0 aliphatic carbocycles. The minimum atomic E-state index is -3.54. The van der Waals surface area contributed by atoms with E-state index in [4.69, 9.17) is 0 Å². The van der Waals surface area contributed by atoms with Crippen molar-refractivity contribution in [1.82, 2.24) is 4.41 Å². The lowest BCUT2D eigenvalue weighted by Gasteiger charge is -2.23. The van der Waals surface area contributed by atoms with Crippen molar-refractivity contribution in [1.29, 1.82) is 0 Å². The monoisotopic (exact) mass is 449 g/mol. The molecule has 1 aliphatic heterocycles. The van der Waals surface area contributed by atoms with E-state index in [0.717, 1.165) is 16.7 Å². The summed E-state index contributed by atoms with van der Waals surface area (Å²) in [5.41, 5.74) is 3.85. The van der Waals surface area contributed by atoms with Gasteiger partial charge in [-0.1, -0.05) is 48.9 Å². The van der Waals surface area contributed by atoms with Crippen LogP contribution in [0.5, 0.6) is 0 Å². The van der Waals surface area contributed by atoms with Crippen molar-refractivity contribution in [3.8, 4) is 0 Å². The summed E-state index contributed by atoms with van der Waals surface area (Å²) in [5.74, 6) is 0.0215. The molecule has 1 heterocycles. The minimum absolute atomic E-state index is 0.0100. The molecule has 0 spiro atoms. The zero-order chi connectivity index (χ0) is 21.9. The highest BCUT2D eigenvalue weighted by atomic mass is 32.2. The van der Waals surface area contributed by atoms with E-state index in [0.29, 0.717) is 24.2 Å². The maximum Gasteiger partial charge on any atom is 0.250 e. The normalized spacial score (nSPS) is 17.1. The lowest BCUT2D eigenvalue weighted by atomic mass is 9.98. The highest BCUT2D eigenvalue weighted by molar-refractivity contribution is 7.92. The summed E-state index contributed by atoms with van der Waals surface area (Å²) < 4.78 is 53.0. The first-order chi connectivity index (χ1) is 14.1. The van der Waals surface area contributed by atoms with Gasteiger partial charge in [0.2, 0.25) is 20.0 Å². The number of anilines is 1. The standard InChI is InChI=1S/C21H27N3O4S2/c1-4-13-30(27,28)24-21(18-8-6-7-16(3)14-18)15-20(22-24)17-9-11-19(12-10-17)23-29(25,26)5-2/h6-12,14,21,23H,4-5,13,15H2,1-3H3/t21-/m0/s1. The summed E-state index contributed by atoms with van der Waals surface area (Å²) in [5, 5.41) is 4.48. The number of rotatable bonds is 8. The Morgan fingerprint density at radius 1 is 1.07 bits per heavy atom. The second-order valence-electron chi connectivity index (χ2n) is 7.35. The van der Waals surface area contributed by atoms with E-state index in [9.17, 15) is 16.8 Å². The maximum atomic E-state index is 12.9. The molecule has 7 nitrogen and oxygen atoms in total. The molecule has 1 N–H and O–H groups in total. The fourth-order valence-electron chi connectivity index (χ4n) is 3.38. The molecule has 0 saturated heterocycles. The quantitative estimate of drug-likeness (QED) is 0.665. The Bertz CT molecular complexity index is 1140. The molecule has 0 amide bonds. The maximum absolute atomic E-state index is 12.9. The molecular formula is C21H27N3O4S2. The van der Waals surface area contributed by atoms with Crippen LogP contribution in [0.2, 0.25) is 0 Å². The zero-order valence-electron chi connectivity index (χ0n) is 17.4. The van der Waals surface area contributed by atoms with Gasteiger partial charge in [-0.15, -0.1) is 0 Å². The van der Waals surface area contributed by atoms with Crippen LogP contribution in [0.25, 0.3) is 0 Å². The third-order valence-electron chi connectivity index (χ3n) is 4.92. The number of hydrogen-bond acceptors (Lipinski definition) is 5. The van der Waals surface area contributed by atoms with E-state index in [1.54, 1.807) is 31.2 Å². The number of aryl methyl sites for hydroxylation is 1. The summed E-state index contributed by atoms with van der Waals surface area (Å²) in [6.45, 7) is 5.37. The first kappa shape index (κ1) is 22.3. The van der Waals surface area contributed by atoms with Gasteiger partial charge in [0.1, 0.15) is 0 Å². The summed E-state index contributed by atoms with van der Waals surface area (Å²) in [6, 6.07) is 14.3. The number of nitrogens with one attached hydrogen (secondary N) is 1.